The van der Waals surface area contributed by atoms with Crippen LogP contribution in [0, 0.1) is 0 Å². The quantitative estimate of drug-likeness (QED) is 0.564. The van der Waals surface area contributed by atoms with Crippen LogP contribution in [0.3, 0.4) is 0 Å². The number of nitrogens with two attached hydrogens (primary N) is 1. The van der Waals surface area contributed by atoms with Gasteiger partial charge in [0.1, 0.15) is 5.75 Å². The number of methoxy groups -OCH3 is 1. The fourth-order valence-electron chi connectivity index (χ4n) is 1.52. The Morgan fingerprint density at radius 3 is 2.74 bits per heavy atom. The van der Waals surface area contributed by atoms with Crippen LogP contribution in [0.25, 0.3) is 0 Å². The highest BCUT2D eigenvalue weighted by Crippen LogP contribution is 2.24. The summed E-state index contributed by atoms with van der Waals surface area (Å²) < 4.78 is 31.7. The van der Waals surface area contributed by atoms with Gasteiger partial charge in [0.15, 0.2) is 0 Å². The van der Waals surface area contributed by atoms with E-state index >= 15 is 0 Å². The number of nitrogens with one attached hydrogen (secondary N) is 1. The van der Waals surface area contributed by atoms with Crippen molar-refractivity contribution in [3.63, 3.8) is 0 Å². The first-order valence-electron chi connectivity index (χ1n) is 5.93. The van der Waals surface area contributed by atoms with Crippen LogP contribution in [0.4, 0.5) is 5.69 Å². The molecule has 0 bridgehead atoms. The topological polar surface area (TPSA) is 81.4 Å². The van der Waals surface area contributed by atoms with E-state index in [4.69, 9.17) is 10.5 Å². The van der Waals surface area contributed by atoms with Crippen LogP contribution in [0.15, 0.2) is 23.1 Å². The molecule has 0 aromatic heterocycles. The first kappa shape index (κ1) is 16.1. The number of benzene rings is 1. The molecule has 19 heavy (non-hydrogen) atoms. The molecule has 5 nitrogen and oxygen atoms in total. The van der Waals surface area contributed by atoms with Gasteiger partial charge in [-0.25, -0.2) is 13.1 Å². The number of thioether (sulfide) groups is 1. The summed E-state index contributed by atoms with van der Waals surface area (Å²) in [5, 5.41) is 0. The van der Waals surface area contributed by atoms with Crippen molar-refractivity contribution in [2.75, 3.05) is 31.4 Å². The highest BCUT2D eigenvalue weighted by molar-refractivity contribution is 7.98. The predicted octanol–water partition coefficient (Wildman–Crippen LogP) is 1.70. The third-order valence-electron chi connectivity index (χ3n) is 2.58. The van der Waals surface area contributed by atoms with E-state index in [1.165, 1.54) is 25.3 Å². The third-order valence-corrected chi connectivity index (χ3v) is 4.74. The van der Waals surface area contributed by atoms with Crippen molar-refractivity contribution < 1.29 is 13.2 Å². The zero-order chi connectivity index (χ0) is 14.3. The standard InChI is InChI=1S/C12H20N2O3S2/c1-17-12-9-10(5-6-11(12)13)19(15,16)14-7-3-4-8-18-2/h5-6,9,14H,3-4,7-8,13H2,1-2H3. The van der Waals surface area contributed by atoms with E-state index in [-0.39, 0.29) is 4.90 Å². The van der Waals surface area contributed by atoms with Crippen LogP contribution in [0.5, 0.6) is 5.75 Å². The van der Waals surface area contributed by atoms with Gasteiger partial charge in [0.05, 0.1) is 17.7 Å². The Morgan fingerprint density at radius 1 is 1.37 bits per heavy atom. The van der Waals surface area contributed by atoms with Crippen molar-refractivity contribution >= 4 is 27.5 Å². The molecular weight excluding hydrogens is 284 g/mol. The van der Waals surface area contributed by atoms with Crippen LogP contribution in [0.2, 0.25) is 0 Å². The maximum absolute atomic E-state index is 12.0. The van der Waals surface area contributed by atoms with Gasteiger partial charge in [0.2, 0.25) is 10.0 Å². The second-order valence-corrected chi connectivity index (χ2v) is 6.75. The fraction of sp³-hybridized carbons (Fsp3) is 0.500. The van der Waals surface area contributed by atoms with Gasteiger partial charge >= 0.3 is 0 Å². The molecule has 0 saturated carbocycles. The minimum absolute atomic E-state index is 0.170. The smallest absolute Gasteiger partial charge is 0.240 e. The van der Waals surface area contributed by atoms with Gasteiger partial charge in [0.25, 0.3) is 0 Å². The minimum Gasteiger partial charge on any atom is -0.495 e. The highest BCUT2D eigenvalue weighted by Gasteiger charge is 2.15. The number of rotatable bonds is 8. The molecule has 1 aromatic carbocycles. The number of nitrogen functional groups attached to an aromatic ring is 1. The Balaban J connectivity index is 2.67. The van der Waals surface area contributed by atoms with Gasteiger partial charge in [0, 0.05) is 12.6 Å². The van der Waals surface area contributed by atoms with Gasteiger partial charge in [-0.2, -0.15) is 11.8 Å². The molecule has 1 aromatic rings. The number of sulfonamides is 1. The van der Waals surface area contributed by atoms with E-state index in [9.17, 15) is 8.42 Å². The van der Waals surface area contributed by atoms with Gasteiger partial charge in [-0.05, 0) is 37.0 Å². The van der Waals surface area contributed by atoms with Gasteiger partial charge in [-0.1, -0.05) is 0 Å². The highest BCUT2D eigenvalue weighted by atomic mass is 32.2. The second kappa shape index (κ2) is 7.62. The summed E-state index contributed by atoms with van der Waals surface area (Å²) in [5.41, 5.74) is 6.07. The lowest BCUT2D eigenvalue weighted by Gasteiger charge is -2.09. The van der Waals surface area contributed by atoms with Crippen molar-refractivity contribution in [2.24, 2.45) is 0 Å². The zero-order valence-electron chi connectivity index (χ0n) is 11.2. The van der Waals surface area contributed by atoms with Crippen molar-refractivity contribution in [1.82, 2.24) is 4.72 Å². The van der Waals surface area contributed by atoms with E-state index in [0.717, 1.165) is 18.6 Å². The first-order valence-corrected chi connectivity index (χ1v) is 8.81. The average molecular weight is 304 g/mol. The van der Waals surface area contributed by atoms with E-state index in [1.807, 2.05) is 6.26 Å². The summed E-state index contributed by atoms with van der Waals surface area (Å²) in [5.74, 6) is 1.41. The Hall–Kier alpha value is -0.920. The SMILES string of the molecule is COc1cc(S(=O)(=O)NCCCCSC)ccc1N. The number of hydrogen-bond acceptors (Lipinski definition) is 5. The minimum atomic E-state index is -3.49. The summed E-state index contributed by atoms with van der Waals surface area (Å²) in [4.78, 5) is 0.170. The van der Waals surface area contributed by atoms with Crippen molar-refractivity contribution in [1.29, 1.82) is 0 Å². The van der Waals surface area contributed by atoms with Gasteiger partial charge < -0.3 is 10.5 Å². The lowest BCUT2D eigenvalue weighted by molar-refractivity contribution is 0.415. The molecule has 0 heterocycles. The van der Waals surface area contributed by atoms with Crippen LogP contribution in [-0.2, 0) is 10.0 Å². The van der Waals surface area contributed by atoms with Crippen LogP contribution in [0.1, 0.15) is 12.8 Å². The Kier molecular flexibility index (Phi) is 6.47. The molecule has 3 N–H and O–H groups in total. The van der Waals surface area contributed by atoms with E-state index < -0.39 is 10.0 Å². The van der Waals surface area contributed by atoms with Crippen molar-refractivity contribution in [3.8, 4) is 5.75 Å². The summed E-state index contributed by atoms with van der Waals surface area (Å²) in [6.07, 6.45) is 3.85. The van der Waals surface area contributed by atoms with Crippen LogP contribution < -0.4 is 15.2 Å². The summed E-state index contributed by atoms with van der Waals surface area (Å²) in [7, 11) is -2.03. The largest absolute Gasteiger partial charge is 0.495 e. The fourth-order valence-corrected chi connectivity index (χ4v) is 3.10. The maximum Gasteiger partial charge on any atom is 0.240 e. The lowest BCUT2D eigenvalue weighted by Crippen LogP contribution is -2.25. The summed E-state index contributed by atoms with van der Waals surface area (Å²) in [6.45, 7) is 0.440. The van der Waals surface area contributed by atoms with Crippen LogP contribution in [-0.4, -0.2) is 34.1 Å². The second-order valence-electron chi connectivity index (χ2n) is 4.00. The molecule has 7 heteroatoms. The monoisotopic (exact) mass is 304 g/mol. The molecule has 0 fully saturated rings. The number of anilines is 1. The predicted molar refractivity (Wildman–Crippen MR) is 80.2 cm³/mol. The Bertz CT molecular complexity index is 504. The number of hydrogen-bond donors (Lipinski definition) is 2. The molecule has 0 aliphatic carbocycles. The average Bonchev–Trinajstić information content (AvgIpc) is 2.38. The van der Waals surface area contributed by atoms with Crippen molar-refractivity contribution in [2.45, 2.75) is 17.7 Å². The van der Waals surface area contributed by atoms with Gasteiger partial charge in [-0.3, -0.25) is 0 Å². The molecule has 0 atom stereocenters. The lowest BCUT2D eigenvalue weighted by atomic mass is 10.3. The normalized spacial score (nSPS) is 11.5. The molecular formula is C12H20N2O3S2. The van der Waals surface area contributed by atoms with E-state index in [1.54, 1.807) is 11.8 Å². The molecule has 0 spiro atoms. The molecule has 0 radical (unpaired) electrons. The summed E-state index contributed by atoms with van der Waals surface area (Å²) in [6, 6.07) is 4.43. The molecule has 0 saturated heterocycles. The Morgan fingerprint density at radius 2 is 2.11 bits per heavy atom. The first-order chi connectivity index (χ1) is 9.01. The molecule has 0 amide bonds. The third kappa shape index (κ3) is 4.93. The van der Waals surface area contributed by atoms with E-state index in [0.29, 0.717) is 18.0 Å². The van der Waals surface area contributed by atoms with E-state index in [2.05, 4.69) is 4.72 Å². The van der Waals surface area contributed by atoms with Crippen LogP contribution >= 0.6 is 11.8 Å². The maximum atomic E-state index is 12.0. The Labute approximate surface area is 119 Å². The zero-order valence-corrected chi connectivity index (χ0v) is 12.8. The molecule has 1 rings (SSSR count). The number of unbranched alkanes of at least 4 members (excludes halogenated alkanes) is 1. The molecule has 108 valence electrons. The van der Waals surface area contributed by atoms with Crippen molar-refractivity contribution in [3.05, 3.63) is 18.2 Å². The number of ether oxygens (including phenoxy) is 1. The molecule has 0 aliphatic heterocycles. The summed E-state index contributed by atoms with van der Waals surface area (Å²) >= 11 is 1.75. The van der Waals surface area contributed by atoms with Gasteiger partial charge in [-0.15, -0.1) is 0 Å². The molecule has 0 unspecified atom stereocenters. The molecule has 0 aliphatic rings.